The highest BCUT2D eigenvalue weighted by molar-refractivity contribution is 5.97. The van der Waals surface area contributed by atoms with E-state index in [0.717, 1.165) is 28.9 Å². The van der Waals surface area contributed by atoms with Gasteiger partial charge in [0.1, 0.15) is 5.82 Å². The molecule has 0 atom stereocenters. The van der Waals surface area contributed by atoms with Crippen molar-refractivity contribution in [3.63, 3.8) is 0 Å². The molecule has 29 heavy (non-hydrogen) atoms. The third kappa shape index (κ3) is 4.57. The summed E-state index contributed by atoms with van der Waals surface area (Å²) in [6.45, 7) is 2.94. The lowest BCUT2D eigenvalue weighted by atomic mass is 10.0. The van der Waals surface area contributed by atoms with Crippen LogP contribution in [0.2, 0.25) is 0 Å². The minimum atomic E-state index is -0.250. The van der Waals surface area contributed by atoms with Crippen molar-refractivity contribution in [1.82, 2.24) is 25.2 Å². The van der Waals surface area contributed by atoms with Crippen LogP contribution in [0.4, 0.5) is 0 Å². The third-order valence-electron chi connectivity index (χ3n) is 4.51. The van der Waals surface area contributed by atoms with Crippen LogP contribution in [0, 0.1) is 0 Å². The molecule has 3 heterocycles. The van der Waals surface area contributed by atoms with E-state index in [4.69, 9.17) is 9.90 Å². The summed E-state index contributed by atoms with van der Waals surface area (Å²) in [5.74, 6) is 0.670. The molecular formula is C20H21N5O4. The maximum absolute atomic E-state index is 12.5. The van der Waals surface area contributed by atoms with Crippen molar-refractivity contribution in [2.75, 3.05) is 19.6 Å². The summed E-state index contributed by atoms with van der Waals surface area (Å²) in [4.78, 5) is 46.0. The molecule has 9 heteroatoms. The minimum Gasteiger partial charge on any atom is -0.483 e. The summed E-state index contributed by atoms with van der Waals surface area (Å²) in [7, 11) is 0. The van der Waals surface area contributed by atoms with Gasteiger partial charge in [0.15, 0.2) is 5.65 Å². The van der Waals surface area contributed by atoms with Gasteiger partial charge in [-0.3, -0.25) is 14.4 Å². The molecule has 0 saturated carbocycles. The first-order valence-electron chi connectivity index (χ1n) is 9.14. The predicted molar refractivity (Wildman–Crippen MR) is 106 cm³/mol. The smallest absolute Gasteiger partial charge is 0.290 e. The van der Waals surface area contributed by atoms with Gasteiger partial charge in [0.25, 0.3) is 12.4 Å². The largest absolute Gasteiger partial charge is 0.483 e. The molecule has 0 unspecified atom stereocenters. The molecule has 0 radical (unpaired) electrons. The van der Waals surface area contributed by atoms with E-state index in [2.05, 4.69) is 20.3 Å². The monoisotopic (exact) mass is 395 g/mol. The Balaban J connectivity index is 0.000000755. The van der Waals surface area contributed by atoms with Gasteiger partial charge < -0.3 is 20.3 Å². The van der Waals surface area contributed by atoms with E-state index in [1.165, 1.54) is 0 Å². The lowest BCUT2D eigenvalue weighted by molar-refractivity contribution is -0.124. The number of aryl methyl sites for hydroxylation is 1. The lowest BCUT2D eigenvalue weighted by Gasteiger charge is -2.26. The van der Waals surface area contributed by atoms with E-state index in [9.17, 15) is 9.59 Å². The van der Waals surface area contributed by atoms with Gasteiger partial charge in [-0.15, -0.1) is 0 Å². The first-order valence-corrected chi connectivity index (χ1v) is 9.14. The second kappa shape index (κ2) is 8.96. The molecule has 1 fully saturated rings. The zero-order valence-electron chi connectivity index (χ0n) is 15.9. The molecule has 0 aliphatic carbocycles. The highest BCUT2D eigenvalue weighted by Gasteiger charge is 2.22. The molecule has 2 amide bonds. The first-order chi connectivity index (χ1) is 14.0. The molecule has 4 rings (SSSR count). The van der Waals surface area contributed by atoms with Crippen molar-refractivity contribution in [1.29, 1.82) is 0 Å². The van der Waals surface area contributed by atoms with E-state index in [0.29, 0.717) is 24.3 Å². The number of fused-ring (bicyclic) bond motifs is 1. The van der Waals surface area contributed by atoms with Crippen LogP contribution in [-0.2, 0) is 16.0 Å². The van der Waals surface area contributed by atoms with Gasteiger partial charge in [-0.1, -0.05) is 19.1 Å². The average molecular weight is 395 g/mol. The van der Waals surface area contributed by atoms with Gasteiger partial charge in [-0.2, -0.15) is 0 Å². The van der Waals surface area contributed by atoms with Crippen LogP contribution in [0.3, 0.4) is 0 Å². The van der Waals surface area contributed by atoms with Gasteiger partial charge in [0.05, 0.1) is 12.1 Å². The highest BCUT2D eigenvalue weighted by Crippen LogP contribution is 2.23. The van der Waals surface area contributed by atoms with E-state index in [1.807, 2.05) is 25.1 Å². The van der Waals surface area contributed by atoms with Crippen molar-refractivity contribution < 1.29 is 19.5 Å². The maximum atomic E-state index is 12.5. The van der Waals surface area contributed by atoms with Crippen molar-refractivity contribution in [2.45, 2.75) is 13.3 Å². The van der Waals surface area contributed by atoms with E-state index >= 15 is 0 Å². The van der Waals surface area contributed by atoms with Gasteiger partial charge in [-0.25, -0.2) is 9.97 Å². The minimum absolute atomic E-state index is 0.112. The van der Waals surface area contributed by atoms with Crippen molar-refractivity contribution in [3.05, 3.63) is 47.9 Å². The molecule has 1 aliphatic heterocycles. The molecule has 1 aromatic carbocycles. The summed E-state index contributed by atoms with van der Waals surface area (Å²) in [6.07, 6.45) is 2.62. The zero-order chi connectivity index (χ0) is 20.8. The Morgan fingerprint density at radius 3 is 2.66 bits per heavy atom. The number of hydrogen-bond donors (Lipinski definition) is 3. The molecule has 1 saturated heterocycles. The van der Waals surface area contributed by atoms with Crippen LogP contribution >= 0.6 is 0 Å². The van der Waals surface area contributed by atoms with Crippen molar-refractivity contribution >= 4 is 29.5 Å². The molecule has 0 spiro atoms. The summed E-state index contributed by atoms with van der Waals surface area (Å²) in [6, 6.07) is 9.40. The fourth-order valence-electron chi connectivity index (χ4n) is 3.07. The second-order valence-electron chi connectivity index (χ2n) is 6.39. The molecule has 3 aromatic rings. The fourth-order valence-corrected chi connectivity index (χ4v) is 3.07. The molecule has 9 nitrogen and oxygen atoms in total. The number of carbonyl (C=O) groups is 3. The number of pyridine rings is 1. The van der Waals surface area contributed by atoms with Gasteiger partial charge in [0, 0.05) is 36.8 Å². The number of amides is 2. The molecular weight excluding hydrogens is 374 g/mol. The van der Waals surface area contributed by atoms with Crippen LogP contribution in [0.1, 0.15) is 23.1 Å². The molecule has 3 N–H and O–H groups in total. The first kappa shape index (κ1) is 20.0. The summed E-state index contributed by atoms with van der Waals surface area (Å²) >= 11 is 0. The number of nitrogens with zero attached hydrogens (tertiary/aromatic N) is 3. The molecule has 150 valence electrons. The SMILES string of the molecule is CCc1nc2ncc(-c3ccc(C(=O)N4CCNC(=O)C4)cc3)cc2[nH]1.O=CO. The van der Waals surface area contributed by atoms with Crippen molar-refractivity contribution in [3.8, 4) is 11.1 Å². The Hall–Kier alpha value is -3.75. The lowest BCUT2D eigenvalue weighted by Crippen LogP contribution is -2.49. The standard InChI is InChI=1S/C19H19N5O2.CH2O2/c1-2-16-22-15-9-14(10-21-18(15)23-16)12-3-5-13(6-4-12)19(26)24-8-7-20-17(25)11-24;2-1-3/h3-6,9-10H,2,7-8,11H2,1H3,(H,20,25)(H,21,22,23);1H,(H,2,3). The van der Waals surface area contributed by atoms with E-state index < -0.39 is 0 Å². The Kier molecular flexibility index (Phi) is 6.18. The highest BCUT2D eigenvalue weighted by atomic mass is 16.3. The molecule has 2 aromatic heterocycles. The molecule has 1 aliphatic rings. The number of imidazole rings is 1. The Bertz CT molecular complexity index is 1030. The summed E-state index contributed by atoms with van der Waals surface area (Å²) < 4.78 is 0. The normalized spacial score (nSPS) is 13.4. The van der Waals surface area contributed by atoms with Crippen LogP contribution in [0.5, 0.6) is 0 Å². The number of benzene rings is 1. The Labute approximate surface area is 166 Å². The Morgan fingerprint density at radius 2 is 2.00 bits per heavy atom. The number of carbonyl (C=O) groups excluding carboxylic acids is 2. The number of nitrogens with one attached hydrogen (secondary N) is 2. The topological polar surface area (TPSA) is 128 Å². The van der Waals surface area contributed by atoms with Crippen LogP contribution < -0.4 is 5.32 Å². The number of hydrogen-bond acceptors (Lipinski definition) is 5. The van der Waals surface area contributed by atoms with Crippen molar-refractivity contribution in [2.24, 2.45) is 0 Å². The molecule has 0 bridgehead atoms. The zero-order valence-corrected chi connectivity index (χ0v) is 15.9. The Morgan fingerprint density at radius 1 is 1.28 bits per heavy atom. The third-order valence-corrected chi connectivity index (χ3v) is 4.51. The second-order valence-corrected chi connectivity index (χ2v) is 6.39. The number of carboxylic acid groups (broad SMARTS) is 1. The maximum Gasteiger partial charge on any atom is 0.290 e. The summed E-state index contributed by atoms with van der Waals surface area (Å²) in [5.41, 5.74) is 4.12. The van der Waals surface area contributed by atoms with Crippen LogP contribution in [0.25, 0.3) is 22.3 Å². The van der Waals surface area contributed by atoms with Crippen LogP contribution in [0.15, 0.2) is 36.5 Å². The predicted octanol–water partition coefficient (Wildman–Crippen LogP) is 1.46. The number of H-pyrrole nitrogens is 1. The van der Waals surface area contributed by atoms with E-state index in [1.54, 1.807) is 23.2 Å². The number of aromatic amines is 1. The number of rotatable bonds is 3. The fraction of sp³-hybridized carbons (Fsp3) is 0.250. The average Bonchev–Trinajstić information content (AvgIpc) is 3.16. The number of aromatic nitrogens is 3. The quantitative estimate of drug-likeness (QED) is 0.576. The summed E-state index contributed by atoms with van der Waals surface area (Å²) in [5, 5.41) is 9.61. The van der Waals surface area contributed by atoms with E-state index in [-0.39, 0.29) is 24.8 Å². The van der Waals surface area contributed by atoms with Gasteiger partial charge >= 0.3 is 0 Å². The van der Waals surface area contributed by atoms with Crippen LogP contribution in [-0.4, -0.2) is 62.9 Å². The van der Waals surface area contributed by atoms with Gasteiger partial charge in [0.2, 0.25) is 5.91 Å². The number of piperazine rings is 1. The van der Waals surface area contributed by atoms with Gasteiger partial charge in [-0.05, 0) is 23.8 Å².